The number of nitrogens with one attached hydrogen (secondary N) is 2. The van der Waals surface area contributed by atoms with Crippen molar-refractivity contribution in [1.82, 2.24) is 4.72 Å². The molecular formula is C18H17N3O6S. The summed E-state index contributed by atoms with van der Waals surface area (Å²) in [6.07, 6.45) is 1.42. The highest BCUT2D eigenvalue weighted by atomic mass is 32.2. The summed E-state index contributed by atoms with van der Waals surface area (Å²) in [6.45, 7) is 0.551. The smallest absolute Gasteiger partial charge is 0.338 e. The van der Waals surface area contributed by atoms with Crippen LogP contribution < -0.4 is 4.72 Å². The fourth-order valence-electron chi connectivity index (χ4n) is 2.17. The van der Waals surface area contributed by atoms with Crippen LogP contribution in [0.15, 0.2) is 52.0 Å². The monoisotopic (exact) mass is 403 g/mol. The van der Waals surface area contributed by atoms with Gasteiger partial charge in [-0.2, -0.15) is 5.26 Å². The Morgan fingerprint density at radius 2 is 2.07 bits per heavy atom. The van der Waals surface area contributed by atoms with E-state index in [9.17, 15) is 18.0 Å². The molecule has 1 heterocycles. The molecule has 1 unspecified atom stereocenters. The van der Waals surface area contributed by atoms with E-state index in [1.54, 1.807) is 18.2 Å². The third-order valence-corrected chi connectivity index (χ3v) is 5.03. The van der Waals surface area contributed by atoms with Crippen LogP contribution in [0.4, 0.5) is 0 Å². The van der Waals surface area contributed by atoms with Gasteiger partial charge < -0.3 is 14.6 Å². The Morgan fingerprint density at radius 1 is 1.32 bits per heavy atom. The van der Waals surface area contributed by atoms with Crippen molar-refractivity contribution in [1.29, 1.82) is 10.7 Å². The zero-order valence-electron chi connectivity index (χ0n) is 14.8. The lowest BCUT2D eigenvalue weighted by molar-refractivity contribution is -0.122. The fraction of sp³-hybridized carbons (Fsp3) is 0.222. The van der Waals surface area contributed by atoms with Crippen LogP contribution in [0.2, 0.25) is 0 Å². The summed E-state index contributed by atoms with van der Waals surface area (Å²) in [4.78, 5) is 23.8. The molecule has 1 atom stereocenters. The van der Waals surface area contributed by atoms with E-state index < -0.39 is 34.3 Å². The van der Waals surface area contributed by atoms with Crippen LogP contribution in [-0.2, 0) is 26.1 Å². The molecule has 2 aromatic rings. The lowest BCUT2D eigenvalue weighted by Crippen LogP contribution is -2.26. The summed E-state index contributed by atoms with van der Waals surface area (Å²) >= 11 is 0. The van der Waals surface area contributed by atoms with E-state index in [2.05, 4.69) is 4.72 Å². The quantitative estimate of drug-likeness (QED) is 0.477. The van der Waals surface area contributed by atoms with Crippen molar-refractivity contribution in [3.63, 3.8) is 0 Å². The van der Waals surface area contributed by atoms with Gasteiger partial charge in [0.25, 0.3) is 0 Å². The fourth-order valence-corrected chi connectivity index (χ4v) is 3.21. The predicted molar refractivity (Wildman–Crippen MR) is 97.0 cm³/mol. The van der Waals surface area contributed by atoms with Crippen LogP contribution in [0.3, 0.4) is 0 Å². The van der Waals surface area contributed by atoms with Crippen molar-refractivity contribution in [3.8, 4) is 6.07 Å². The van der Waals surface area contributed by atoms with Crippen molar-refractivity contribution in [3.05, 3.63) is 54.0 Å². The third-order valence-electron chi connectivity index (χ3n) is 3.63. The van der Waals surface area contributed by atoms with Gasteiger partial charge in [0.2, 0.25) is 10.0 Å². The number of furan rings is 1. The van der Waals surface area contributed by atoms with Crippen LogP contribution in [0.5, 0.6) is 0 Å². The molecule has 0 saturated carbocycles. The van der Waals surface area contributed by atoms with E-state index in [4.69, 9.17) is 19.8 Å². The number of rotatable bonds is 9. The Balaban J connectivity index is 2.05. The van der Waals surface area contributed by atoms with Gasteiger partial charge in [-0.25, -0.2) is 17.9 Å². The molecule has 0 saturated heterocycles. The molecule has 2 N–H and O–H groups in total. The SMILES string of the molecule is CC(=N)C(C#N)C(=O)COC(=O)c1cccc(S(=O)(=O)NCc2ccco2)c1. The summed E-state index contributed by atoms with van der Waals surface area (Å²) in [5, 5.41) is 16.2. The molecular weight excluding hydrogens is 386 g/mol. The molecule has 28 heavy (non-hydrogen) atoms. The van der Waals surface area contributed by atoms with E-state index in [0.717, 1.165) is 6.07 Å². The molecule has 0 aliphatic carbocycles. The molecule has 0 aliphatic rings. The van der Waals surface area contributed by atoms with Crippen molar-refractivity contribution in [2.75, 3.05) is 6.61 Å². The topological polar surface area (TPSA) is 150 Å². The molecule has 0 bridgehead atoms. The second kappa shape index (κ2) is 9.07. The highest BCUT2D eigenvalue weighted by Crippen LogP contribution is 2.14. The number of ether oxygens (including phenoxy) is 1. The first-order valence-corrected chi connectivity index (χ1v) is 9.49. The van der Waals surface area contributed by atoms with Crippen molar-refractivity contribution in [2.24, 2.45) is 5.92 Å². The Kier molecular flexibility index (Phi) is 6.81. The lowest BCUT2D eigenvalue weighted by Gasteiger charge is -2.09. The van der Waals surface area contributed by atoms with E-state index in [1.165, 1.54) is 31.4 Å². The van der Waals surface area contributed by atoms with Gasteiger partial charge in [-0.15, -0.1) is 0 Å². The second-order valence-electron chi connectivity index (χ2n) is 5.72. The van der Waals surface area contributed by atoms with Crippen LogP contribution in [0.1, 0.15) is 23.0 Å². The number of hydrogen-bond donors (Lipinski definition) is 2. The number of Topliss-reactive ketones (excluding diaryl/α,β-unsaturated/α-hetero) is 1. The van der Waals surface area contributed by atoms with Crippen LogP contribution in [0, 0.1) is 22.7 Å². The zero-order chi connectivity index (χ0) is 20.7. The molecule has 0 radical (unpaired) electrons. The summed E-state index contributed by atoms with van der Waals surface area (Å²) in [7, 11) is -3.91. The van der Waals surface area contributed by atoms with Gasteiger partial charge in [-0.1, -0.05) is 6.07 Å². The van der Waals surface area contributed by atoms with Gasteiger partial charge in [-0.05, 0) is 37.3 Å². The zero-order valence-corrected chi connectivity index (χ0v) is 15.7. The van der Waals surface area contributed by atoms with Gasteiger partial charge in [0, 0.05) is 5.71 Å². The average molecular weight is 403 g/mol. The minimum absolute atomic E-state index is 0.0585. The molecule has 0 spiro atoms. The van der Waals surface area contributed by atoms with Gasteiger partial charge in [0.15, 0.2) is 12.4 Å². The second-order valence-corrected chi connectivity index (χ2v) is 7.49. The maximum Gasteiger partial charge on any atom is 0.338 e. The number of esters is 1. The van der Waals surface area contributed by atoms with E-state index in [0.29, 0.717) is 5.76 Å². The summed E-state index contributed by atoms with van der Waals surface area (Å²) in [5.41, 5.74) is -0.229. The molecule has 0 fully saturated rings. The van der Waals surface area contributed by atoms with Gasteiger partial charge in [0.1, 0.15) is 11.7 Å². The number of ketones is 1. The predicted octanol–water partition coefficient (Wildman–Crippen LogP) is 1.66. The van der Waals surface area contributed by atoms with E-state index in [-0.39, 0.29) is 22.7 Å². The Labute approximate surface area is 161 Å². The standard InChI is InChI=1S/C18H17N3O6S/c1-12(20)16(9-19)17(22)11-27-18(23)13-4-2-6-15(8-13)28(24,25)21-10-14-5-3-7-26-14/h2-8,16,20-21H,10-11H2,1H3. The van der Waals surface area contributed by atoms with Crippen molar-refractivity contribution < 1.29 is 27.2 Å². The Morgan fingerprint density at radius 3 is 2.68 bits per heavy atom. The Hall–Kier alpha value is -3.29. The minimum atomic E-state index is -3.91. The maximum atomic E-state index is 12.4. The van der Waals surface area contributed by atoms with Gasteiger partial charge in [-0.3, -0.25) is 4.79 Å². The van der Waals surface area contributed by atoms with Crippen LogP contribution in [0.25, 0.3) is 0 Å². The first kappa shape index (κ1) is 21.0. The normalized spacial score (nSPS) is 12.0. The largest absolute Gasteiger partial charge is 0.468 e. The van der Waals surface area contributed by atoms with Gasteiger partial charge in [0.05, 0.1) is 29.3 Å². The number of sulfonamides is 1. The summed E-state index contributed by atoms with van der Waals surface area (Å²) in [5.74, 6) is -2.51. The number of nitrogens with zero attached hydrogens (tertiary/aromatic N) is 1. The summed E-state index contributed by atoms with van der Waals surface area (Å²) < 4.78 is 36.9. The third kappa shape index (κ3) is 5.35. The number of carbonyl (C=O) groups excluding carboxylic acids is 2. The van der Waals surface area contributed by atoms with E-state index >= 15 is 0 Å². The molecule has 0 aliphatic heterocycles. The maximum absolute atomic E-state index is 12.4. The molecule has 146 valence electrons. The molecule has 0 amide bonds. The van der Waals surface area contributed by atoms with Gasteiger partial charge >= 0.3 is 5.97 Å². The van der Waals surface area contributed by atoms with Crippen molar-refractivity contribution in [2.45, 2.75) is 18.4 Å². The number of nitriles is 1. The molecule has 9 nitrogen and oxygen atoms in total. The molecule has 1 aromatic heterocycles. The molecule has 1 aromatic carbocycles. The highest BCUT2D eigenvalue weighted by Gasteiger charge is 2.22. The van der Waals surface area contributed by atoms with Crippen molar-refractivity contribution >= 4 is 27.5 Å². The minimum Gasteiger partial charge on any atom is -0.468 e. The summed E-state index contributed by atoms with van der Waals surface area (Å²) in [6, 6.07) is 10.0. The number of hydrogen-bond acceptors (Lipinski definition) is 8. The lowest BCUT2D eigenvalue weighted by atomic mass is 10.0. The number of benzene rings is 1. The van der Waals surface area contributed by atoms with Crippen LogP contribution in [-0.4, -0.2) is 32.5 Å². The molecule has 2 rings (SSSR count). The van der Waals surface area contributed by atoms with E-state index in [1.807, 2.05) is 0 Å². The highest BCUT2D eigenvalue weighted by molar-refractivity contribution is 7.89. The first-order chi connectivity index (χ1) is 13.2. The van der Waals surface area contributed by atoms with Crippen LogP contribution >= 0.6 is 0 Å². The average Bonchev–Trinajstić information content (AvgIpc) is 3.18. The molecule has 10 heteroatoms. The first-order valence-electron chi connectivity index (χ1n) is 8.01. The number of carbonyl (C=O) groups is 2. The Bertz CT molecular complexity index is 1020.